The molecular formula is C16H17NO2. The molecule has 0 saturated heterocycles. The summed E-state index contributed by atoms with van der Waals surface area (Å²) in [5.74, 6) is -0.322. The van der Waals surface area contributed by atoms with Gasteiger partial charge in [0, 0.05) is 17.2 Å². The molecule has 2 rings (SSSR count). The molecule has 0 amide bonds. The van der Waals surface area contributed by atoms with E-state index in [0.29, 0.717) is 6.61 Å². The maximum Gasteiger partial charge on any atom is 0.330 e. The van der Waals surface area contributed by atoms with Crippen LogP contribution in [-0.2, 0) is 9.53 Å². The quantitative estimate of drug-likeness (QED) is 0.623. The van der Waals surface area contributed by atoms with E-state index in [1.54, 1.807) is 13.0 Å². The third-order valence-electron chi connectivity index (χ3n) is 2.89. The number of hydrogen-bond donors (Lipinski definition) is 0. The molecule has 0 fully saturated rings. The summed E-state index contributed by atoms with van der Waals surface area (Å²) in [6, 6.07) is 8.01. The first-order valence-corrected chi connectivity index (χ1v) is 6.33. The Morgan fingerprint density at radius 3 is 2.89 bits per heavy atom. The van der Waals surface area contributed by atoms with E-state index in [1.165, 1.54) is 6.08 Å². The zero-order valence-corrected chi connectivity index (χ0v) is 11.4. The number of esters is 1. The van der Waals surface area contributed by atoms with E-state index in [1.807, 2.05) is 38.1 Å². The van der Waals surface area contributed by atoms with E-state index in [2.05, 4.69) is 4.98 Å². The summed E-state index contributed by atoms with van der Waals surface area (Å²) in [7, 11) is 0. The molecule has 0 spiro atoms. The summed E-state index contributed by atoms with van der Waals surface area (Å²) < 4.78 is 4.89. The highest BCUT2D eigenvalue weighted by molar-refractivity contribution is 5.94. The molecule has 2 aromatic rings. The molecule has 1 aromatic heterocycles. The van der Waals surface area contributed by atoms with Crippen LogP contribution in [0.1, 0.15) is 23.7 Å². The monoisotopic (exact) mass is 255 g/mol. The van der Waals surface area contributed by atoms with Crippen molar-refractivity contribution >= 4 is 22.9 Å². The van der Waals surface area contributed by atoms with Gasteiger partial charge >= 0.3 is 5.97 Å². The molecule has 0 N–H and O–H groups in total. The lowest BCUT2D eigenvalue weighted by molar-refractivity contribution is -0.137. The number of rotatable bonds is 3. The Morgan fingerprint density at radius 2 is 2.16 bits per heavy atom. The molecule has 0 aliphatic rings. The molecule has 1 heterocycles. The predicted molar refractivity (Wildman–Crippen MR) is 76.9 cm³/mol. The minimum absolute atomic E-state index is 0.322. The Labute approximate surface area is 112 Å². The van der Waals surface area contributed by atoms with Crippen molar-refractivity contribution in [2.75, 3.05) is 6.61 Å². The van der Waals surface area contributed by atoms with Crippen LogP contribution < -0.4 is 0 Å². The Hall–Kier alpha value is -2.16. The second-order valence-corrected chi connectivity index (χ2v) is 4.41. The van der Waals surface area contributed by atoms with Crippen molar-refractivity contribution < 1.29 is 9.53 Å². The van der Waals surface area contributed by atoms with Gasteiger partial charge in [0.2, 0.25) is 0 Å². The summed E-state index contributed by atoms with van der Waals surface area (Å²) in [5.41, 5.74) is 4.03. The van der Waals surface area contributed by atoms with E-state index >= 15 is 0 Å². The average Bonchev–Trinajstić information content (AvgIpc) is 2.37. The van der Waals surface area contributed by atoms with Crippen LogP contribution in [0, 0.1) is 13.8 Å². The van der Waals surface area contributed by atoms with E-state index in [-0.39, 0.29) is 5.97 Å². The van der Waals surface area contributed by atoms with Crippen molar-refractivity contribution in [1.82, 2.24) is 4.98 Å². The number of hydrogen-bond acceptors (Lipinski definition) is 3. The molecule has 3 nitrogen and oxygen atoms in total. The van der Waals surface area contributed by atoms with Crippen molar-refractivity contribution in [3.63, 3.8) is 0 Å². The van der Waals surface area contributed by atoms with E-state index < -0.39 is 0 Å². The van der Waals surface area contributed by atoms with E-state index in [4.69, 9.17) is 4.74 Å². The first kappa shape index (κ1) is 13.3. The van der Waals surface area contributed by atoms with Gasteiger partial charge in [-0.05, 0) is 44.0 Å². The normalized spacial score (nSPS) is 11.1. The molecule has 3 heteroatoms. The maximum atomic E-state index is 11.4. The number of fused-ring (bicyclic) bond motifs is 1. The lowest BCUT2D eigenvalue weighted by Gasteiger charge is -2.06. The number of nitrogens with zero attached hydrogens (tertiary/aromatic N) is 1. The standard InChI is InChI=1S/C16H17NO2/c1-4-19-15(18)9-8-13-10-12(3)17-16-11(2)6-5-7-14(13)16/h5-10H,4H2,1-3H3/b9-8+. The molecule has 19 heavy (non-hydrogen) atoms. The summed E-state index contributed by atoms with van der Waals surface area (Å²) in [5, 5.41) is 1.05. The highest BCUT2D eigenvalue weighted by atomic mass is 16.5. The Kier molecular flexibility index (Phi) is 3.95. The van der Waals surface area contributed by atoms with Crippen molar-refractivity contribution in [3.05, 3.63) is 47.2 Å². The number of aromatic nitrogens is 1. The van der Waals surface area contributed by atoms with Gasteiger partial charge in [0.15, 0.2) is 0 Å². The van der Waals surface area contributed by atoms with Gasteiger partial charge in [-0.2, -0.15) is 0 Å². The fourth-order valence-electron chi connectivity index (χ4n) is 2.04. The molecule has 0 atom stereocenters. The number of pyridine rings is 1. The molecule has 0 radical (unpaired) electrons. The molecule has 0 aliphatic carbocycles. The first-order chi connectivity index (χ1) is 9.11. The van der Waals surface area contributed by atoms with Crippen LogP contribution >= 0.6 is 0 Å². The minimum Gasteiger partial charge on any atom is -0.463 e. The van der Waals surface area contributed by atoms with Gasteiger partial charge in [-0.15, -0.1) is 0 Å². The van der Waals surface area contributed by atoms with Crippen molar-refractivity contribution in [1.29, 1.82) is 0 Å². The van der Waals surface area contributed by atoms with Crippen LogP contribution in [0.4, 0.5) is 0 Å². The number of benzene rings is 1. The Bertz CT molecular complexity index is 644. The summed E-state index contributed by atoms with van der Waals surface area (Å²) >= 11 is 0. The number of carbonyl (C=O) groups is 1. The average molecular weight is 255 g/mol. The van der Waals surface area contributed by atoms with E-state index in [9.17, 15) is 4.79 Å². The number of aryl methyl sites for hydroxylation is 2. The van der Waals surface area contributed by atoms with E-state index in [0.717, 1.165) is 27.7 Å². The summed E-state index contributed by atoms with van der Waals surface area (Å²) in [4.78, 5) is 15.9. The second-order valence-electron chi connectivity index (χ2n) is 4.41. The first-order valence-electron chi connectivity index (χ1n) is 6.33. The van der Waals surface area contributed by atoms with Crippen LogP contribution in [0.2, 0.25) is 0 Å². The van der Waals surface area contributed by atoms with Gasteiger partial charge < -0.3 is 4.74 Å². The van der Waals surface area contributed by atoms with Gasteiger partial charge in [0.05, 0.1) is 12.1 Å². The fourth-order valence-corrected chi connectivity index (χ4v) is 2.04. The highest BCUT2D eigenvalue weighted by Crippen LogP contribution is 2.22. The highest BCUT2D eigenvalue weighted by Gasteiger charge is 2.04. The topological polar surface area (TPSA) is 39.2 Å². The predicted octanol–water partition coefficient (Wildman–Crippen LogP) is 3.43. The molecule has 0 aliphatic heterocycles. The number of para-hydroxylation sites is 1. The maximum absolute atomic E-state index is 11.4. The summed E-state index contributed by atoms with van der Waals surface area (Å²) in [6.45, 7) is 6.17. The fraction of sp³-hybridized carbons (Fsp3) is 0.250. The van der Waals surface area contributed by atoms with Gasteiger partial charge in [-0.1, -0.05) is 18.2 Å². The largest absolute Gasteiger partial charge is 0.463 e. The zero-order valence-electron chi connectivity index (χ0n) is 11.4. The Morgan fingerprint density at radius 1 is 1.37 bits per heavy atom. The van der Waals surface area contributed by atoms with Crippen LogP contribution in [-0.4, -0.2) is 17.6 Å². The smallest absolute Gasteiger partial charge is 0.330 e. The van der Waals surface area contributed by atoms with Crippen LogP contribution in [0.15, 0.2) is 30.3 Å². The second kappa shape index (κ2) is 5.65. The van der Waals surface area contributed by atoms with Gasteiger partial charge in [0.25, 0.3) is 0 Å². The van der Waals surface area contributed by atoms with Gasteiger partial charge in [-0.25, -0.2) is 4.79 Å². The van der Waals surface area contributed by atoms with Crippen LogP contribution in [0.3, 0.4) is 0 Å². The molecule has 1 aromatic carbocycles. The lowest BCUT2D eigenvalue weighted by Crippen LogP contribution is -1.99. The zero-order chi connectivity index (χ0) is 13.8. The van der Waals surface area contributed by atoms with Crippen molar-refractivity contribution in [2.24, 2.45) is 0 Å². The van der Waals surface area contributed by atoms with Crippen LogP contribution in [0.25, 0.3) is 17.0 Å². The molecular weight excluding hydrogens is 238 g/mol. The SMILES string of the molecule is CCOC(=O)/C=C/c1cc(C)nc2c(C)cccc12. The molecule has 0 unspecified atom stereocenters. The van der Waals surface area contributed by atoms with Gasteiger partial charge in [-0.3, -0.25) is 4.98 Å². The number of ether oxygens (including phenoxy) is 1. The van der Waals surface area contributed by atoms with Crippen LogP contribution in [0.5, 0.6) is 0 Å². The van der Waals surface area contributed by atoms with Crippen molar-refractivity contribution in [3.8, 4) is 0 Å². The lowest BCUT2D eigenvalue weighted by atomic mass is 10.0. The molecule has 0 saturated carbocycles. The third kappa shape index (κ3) is 2.99. The molecule has 98 valence electrons. The minimum atomic E-state index is -0.322. The molecule has 0 bridgehead atoms. The Balaban J connectivity index is 2.48. The van der Waals surface area contributed by atoms with Gasteiger partial charge in [0.1, 0.15) is 0 Å². The third-order valence-corrected chi connectivity index (χ3v) is 2.89. The summed E-state index contributed by atoms with van der Waals surface area (Å²) in [6.07, 6.45) is 3.24. The van der Waals surface area contributed by atoms with Crippen molar-refractivity contribution in [2.45, 2.75) is 20.8 Å². The number of carbonyl (C=O) groups excluding carboxylic acids is 1.